The lowest BCUT2D eigenvalue weighted by molar-refractivity contribution is -0.136. The lowest BCUT2D eigenvalue weighted by Gasteiger charge is -2.39. The number of piperazine rings is 1. The zero-order chi connectivity index (χ0) is 21.9. The Balaban J connectivity index is 1.12. The minimum atomic E-state index is 0.107. The molecule has 0 N–H and O–H groups in total. The van der Waals surface area contributed by atoms with Crippen molar-refractivity contribution in [3.8, 4) is 10.9 Å². The molecule has 2 saturated heterocycles. The Hall–Kier alpha value is -3.07. The van der Waals surface area contributed by atoms with Gasteiger partial charge in [0.2, 0.25) is 16.2 Å². The van der Waals surface area contributed by atoms with Gasteiger partial charge in [0.05, 0.1) is 7.11 Å². The first-order chi connectivity index (χ1) is 15.7. The van der Waals surface area contributed by atoms with Crippen LogP contribution in [0.1, 0.15) is 12.8 Å². The van der Waals surface area contributed by atoms with E-state index in [2.05, 4.69) is 37.0 Å². The Kier molecular flexibility index (Phi) is 5.98. The molecule has 0 radical (unpaired) electrons. The molecule has 2 fully saturated rings. The number of rotatable bonds is 5. The van der Waals surface area contributed by atoms with Crippen molar-refractivity contribution in [3.63, 3.8) is 0 Å². The normalized spacial score (nSPS) is 17.6. The molecule has 0 atom stereocenters. The monoisotopic (exact) mass is 452 g/mol. The molecular weight excluding hydrogens is 424 g/mol. The number of hydrogen-bond donors (Lipinski definition) is 0. The van der Waals surface area contributed by atoms with Crippen molar-refractivity contribution in [3.05, 3.63) is 48.8 Å². The van der Waals surface area contributed by atoms with Crippen molar-refractivity contribution < 1.29 is 9.53 Å². The van der Waals surface area contributed by atoms with Crippen LogP contribution in [0.3, 0.4) is 0 Å². The van der Waals surface area contributed by atoms with Crippen molar-refractivity contribution in [1.29, 1.82) is 0 Å². The summed E-state index contributed by atoms with van der Waals surface area (Å²) in [5, 5.41) is 10.5. The number of aromatic nitrogens is 3. The fourth-order valence-electron chi connectivity index (χ4n) is 4.46. The highest BCUT2D eigenvalue weighted by atomic mass is 32.1. The number of nitrogens with zero attached hydrogens (tertiary/aromatic N) is 6. The maximum atomic E-state index is 13.1. The Morgan fingerprint density at radius 1 is 0.906 bits per heavy atom. The van der Waals surface area contributed by atoms with Crippen LogP contribution >= 0.6 is 11.3 Å². The summed E-state index contributed by atoms with van der Waals surface area (Å²) >= 11 is 1.59. The molecule has 0 bridgehead atoms. The summed E-state index contributed by atoms with van der Waals surface area (Å²) in [5.41, 5.74) is 1.18. The highest BCUT2D eigenvalue weighted by Crippen LogP contribution is 2.29. The Morgan fingerprint density at radius 2 is 1.56 bits per heavy atom. The summed E-state index contributed by atoms with van der Waals surface area (Å²) < 4.78 is 7.22. The predicted octanol–water partition coefficient (Wildman–Crippen LogP) is 2.90. The summed E-state index contributed by atoms with van der Waals surface area (Å²) in [6, 6.07) is 12.1. The number of amides is 1. The Bertz CT molecular complexity index is 1020. The van der Waals surface area contributed by atoms with Gasteiger partial charge in [0.1, 0.15) is 5.75 Å². The third-order valence-corrected chi connectivity index (χ3v) is 7.37. The highest BCUT2D eigenvalue weighted by molar-refractivity contribution is 7.17. The standard InChI is InChI=1S/C23H28N6O2S/c1-31-20-6-4-19(5-7-20)26-14-16-27(17-15-26)21(30)18-8-12-29(13-9-18)23-25-24-22(32-23)28-10-2-3-11-28/h2-7,10-11,18H,8-9,12-17H2,1H3. The number of benzene rings is 1. The van der Waals surface area contributed by atoms with Gasteiger partial charge in [-0.2, -0.15) is 0 Å². The van der Waals surface area contributed by atoms with Crippen LogP contribution in [0.2, 0.25) is 0 Å². The largest absolute Gasteiger partial charge is 0.497 e. The van der Waals surface area contributed by atoms with E-state index in [1.807, 2.05) is 41.2 Å². The van der Waals surface area contributed by atoms with Gasteiger partial charge in [-0.25, -0.2) is 0 Å². The summed E-state index contributed by atoms with van der Waals surface area (Å²) in [6.07, 6.45) is 5.69. The smallest absolute Gasteiger partial charge is 0.225 e. The summed E-state index contributed by atoms with van der Waals surface area (Å²) in [7, 11) is 1.68. The molecule has 0 unspecified atom stereocenters. The Labute approximate surface area is 192 Å². The summed E-state index contributed by atoms with van der Waals surface area (Å²) in [5.74, 6) is 1.28. The number of methoxy groups -OCH3 is 1. The van der Waals surface area contributed by atoms with Crippen LogP contribution in [-0.2, 0) is 4.79 Å². The van der Waals surface area contributed by atoms with Gasteiger partial charge in [-0.05, 0) is 49.2 Å². The molecule has 32 heavy (non-hydrogen) atoms. The van der Waals surface area contributed by atoms with E-state index in [-0.39, 0.29) is 5.92 Å². The quantitative estimate of drug-likeness (QED) is 0.593. The maximum absolute atomic E-state index is 13.1. The van der Waals surface area contributed by atoms with Gasteiger partial charge >= 0.3 is 0 Å². The highest BCUT2D eigenvalue weighted by Gasteiger charge is 2.31. The van der Waals surface area contributed by atoms with E-state index >= 15 is 0 Å². The molecule has 168 valence electrons. The summed E-state index contributed by atoms with van der Waals surface area (Å²) in [6.45, 7) is 4.99. The first-order valence-corrected chi connectivity index (χ1v) is 11.9. The van der Waals surface area contributed by atoms with E-state index in [4.69, 9.17) is 4.74 Å². The first kappa shape index (κ1) is 20.8. The third kappa shape index (κ3) is 4.29. The van der Waals surface area contributed by atoms with E-state index in [1.165, 1.54) is 5.69 Å². The number of ether oxygens (including phenoxy) is 1. The second kappa shape index (κ2) is 9.20. The molecular formula is C23H28N6O2S. The van der Waals surface area contributed by atoms with Crippen LogP contribution in [0.5, 0.6) is 5.75 Å². The minimum Gasteiger partial charge on any atom is -0.497 e. The molecule has 4 heterocycles. The lowest BCUT2D eigenvalue weighted by Crippen LogP contribution is -2.51. The zero-order valence-electron chi connectivity index (χ0n) is 18.3. The van der Waals surface area contributed by atoms with Crippen LogP contribution in [-0.4, -0.2) is 71.9 Å². The van der Waals surface area contributed by atoms with Crippen molar-refractivity contribution in [2.24, 2.45) is 5.92 Å². The fourth-order valence-corrected chi connectivity index (χ4v) is 5.32. The van der Waals surface area contributed by atoms with Crippen LogP contribution in [0.25, 0.3) is 5.13 Å². The molecule has 0 saturated carbocycles. The van der Waals surface area contributed by atoms with Gasteiger partial charge in [0.25, 0.3) is 0 Å². The topological polar surface area (TPSA) is 66.7 Å². The van der Waals surface area contributed by atoms with Crippen molar-refractivity contribution in [1.82, 2.24) is 19.7 Å². The van der Waals surface area contributed by atoms with Gasteiger partial charge in [0.15, 0.2) is 0 Å². The van der Waals surface area contributed by atoms with Crippen molar-refractivity contribution in [2.75, 3.05) is 56.2 Å². The second-order valence-corrected chi connectivity index (χ2v) is 9.16. The van der Waals surface area contributed by atoms with E-state index in [9.17, 15) is 4.79 Å². The van der Waals surface area contributed by atoms with Crippen molar-refractivity contribution >= 4 is 28.1 Å². The van der Waals surface area contributed by atoms with Crippen LogP contribution in [0, 0.1) is 5.92 Å². The van der Waals surface area contributed by atoms with Gasteiger partial charge < -0.3 is 19.4 Å². The van der Waals surface area contributed by atoms with E-state index in [0.29, 0.717) is 5.91 Å². The van der Waals surface area contributed by atoms with Gasteiger partial charge in [-0.1, -0.05) is 11.3 Å². The first-order valence-electron chi connectivity index (χ1n) is 11.1. The van der Waals surface area contributed by atoms with Crippen molar-refractivity contribution in [2.45, 2.75) is 12.8 Å². The number of anilines is 2. The average molecular weight is 453 g/mol. The third-order valence-electron chi connectivity index (χ3n) is 6.37. The van der Waals surface area contributed by atoms with E-state index in [0.717, 1.165) is 68.1 Å². The minimum absolute atomic E-state index is 0.107. The molecule has 1 aromatic carbocycles. The van der Waals surface area contributed by atoms with Gasteiger partial charge in [0, 0.05) is 63.3 Å². The Morgan fingerprint density at radius 3 is 2.22 bits per heavy atom. The number of carbonyl (C=O) groups is 1. The fraction of sp³-hybridized carbons (Fsp3) is 0.435. The number of hydrogen-bond acceptors (Lipinski definition) is 7. The molecule has 0 spiro atoms. The summed E-state index contributed by atoms with van der Waals surface area (Å²) in [4.78, 5) is 19.8. The number of piperidine rings is 1. The molecule has 2 aliphatic heterocycles. The van der Waals surface area contributed by atoms with E-state index < -0.39 is 0 Å². The second-order valence-electron chi connectivity index (χ2n) is 8.23. The molecule has 8 nitrogen and oxygen atoms in total. The molecule has 2 aliphatic rings. The van der Waals surface area contributed by atoms with Crippen LogP contribution in [0.15, 0.2) is 48.8 Å². The molecule has 3 aromatic rings. The van der Waals surface area contributed by atoms with E-state index in [1.54, 1.807) is 18.4 Å². The average Bonchev–Trinajstić information content (AvgIpc) is 3.56. The SMILES string of the molecule is COc1ccc(N2CCN(C(=O)C3CCN(c4nnc(-n5cccc5)s4)CC3)CC2)cc1. The molecule has 0 aliphatic carbocycles. The van der Waals surface area contributed by atoms with Crippen LogP contribution < -0.4 is 14.5 Å². The predicted molar refractivity (Wildman–Crippen MR) is 126 cm³/mol. The van der Waals surface area contributed by atoms with Gasteiger partial charge in [-0.3, -0.25) is 9.36 Å². The zero-order valence-corrected chi connectivity index (χ0v) is 19.1. The molecule has 5 rings (SSSR count). The molecule has 9 heteroatoms. The maximum Gasteiger partial charge on any atom is 0.225 e. The van der Waals surface area contributed by atoms with Crippen LogP contribution in [0.4, 0.5) is 10.8 Å². The lowest BCUT2D eigenvalue weighted by atomic mass is 9.95. The molecule has 1 amide bonds. The van der Waals surface area contributed by atoms with Gasteiger partial charge in [-0.15, -0.1) is 10.2 Å². The number of carbonyl (C=O) groups excluding carboxylic acids is 1. The molecule has 2 aromatic heterocycles.